The molecule has 0 radical (unpaired) electrons. The number of carbonyl (C=O) groups excluding carboxylic acids is 1. The van der Waals surface area contributed by atoms with E-state index in [-0.39, 0.29) is 13.2 Å². The molecule has 2 aromatic rings. The van der Waals surface area contributed by atoms with Gasteiger partial charge in [-0.25, -0.2) is 4.68 Å². The number of rotatable bonds is 4. The van der Waals surface area contributed by atoms with Crippen LogP contribution in [0.1, 0.15) is 5.56 Å². The number of anilines is 1. The molecule has 0 aliphatic rings. The van der Waals surface area contributed by atoms with E-state index in [1.165, 1.54) is 0 Å². The number of aliphatic hydroxyl groups excluding tert-OH is 1. The van der Waals surface area contributed by atoms with Crippen LogP contribution in [0.2, 0.25) is 0 Å². The van der Waals surface area contributed by atoms with E-state index in [1.54, 1.807) is 24.3 Å². The highest BCUT2D eigenvalue weighted by Gasteiger charge is 2.08. The Balaban J connectivity index is 2.15. The number of aromatic amines is 1. The van der Waals surface area contributed by atoms with Gasteiger partial charge in [-0.3, -0.25) is 19.5 Å². The summed E-state index contributed by atoms with van der Waals surface area (Å²) in [6.45, 7) is -0.521. The zero-order chi connectivity index (χ0) is 14.5. The molecule has 2 rings (SSSR count). The predicted molar refractivity (Wildman–Crippen MR) is 72.3 cm³/mol. The summed E-state index contributed by atoms with van der Waals surface area (Å²) in [7, 11) is 0. The first-order valence-electron chi connectivity index (χ1n) is 5.89. The average Bonchev–Trinajstić information content (AvgIpc) is 2.43. The Kier molecular flexibility index (Phi) is 4.11. The van der Waals surface area contributed by atoms with Gasteiger partial charge in [-0.15, -0.1) is 0 Å². The van der Waals surface area contributed by atoms with Crippen LogP contribution in [0.15, 0.2) is 46.0 Å². The van der Waals surface area contributed by atoms with Crippen molar-refractivity contribution in [1.29, 1.82) is 0 Å². The molecule has 0 aliphatic heterocycles. The van der Waals surface area contributed by atoms with Crippen molar-refractivity contribution in [2.75, 3.05) is 5.32 Å². The number of hydrogen-bond acceptors (Lipinski definition) is 4. The molecule has 7 heteroatoms. The molecule has 0 bridgehead atoms. The van der Waals surface area contributed by atoms with Gasteiger partial charge in [0.2, 0.25) is 5.91 Å². The number of aromatic nitrogens is 2. The molecule has 0 aliphatic carbocycles. The van der Waals surface area contributed by atoms with E-state index in [4.69, 9.17) is 5.11 Å². The van der Waals surface area contributed by atoms with Crippen molar-refractivity contribution in [1.82, 2.24) is 9.78 Å². The van der Waals surface area contributed by atoms with Gasteiger partial charge >= 0.3 is 0 Å². The molecular formula is C13H13N3O4. The van der Waals surface area contributed by atoms with E-state index in [2.05, 4.69) is 10.4 Å². The third-order valence-electron chi connectivity index (χ3n) is 2.65. The normalized spacial score (nSPS) is 10.2. The van der Waals surface area contributed by atoms with Crippen molar-refractivity contribution in [3.63, 3.8) is 0 Å². The van der Waals surface area contributed by atoms with Gasteiger partial charge in [0.15, 0.2) is 0 Å². The first-order chi connectivity index (χ1) is 9.60. The van der Waals surface area contributed by atoms with Crippen molar-refractivity contribution in [3.8, 4) is 0 Å². The van der Waals surface area contributed by atoms with Gasteiger partial charge in [-0.05, 0) is 6.07 Å². The van der Waals surface area contributed by atoms with Crippen LogP contribution in [-0.4, -0.2) is 20.8 Å². The van der Waals surface area contributed by atoms with Crippen LogP contribution in [-0.2, 0) is 17.9 Å². The minimum absolute atomic E-state index is 0.210. The van der Waals surface area contributed by atoms with Gasteiger partial charge in [0.1, 0.15) is 6.54 Å². The number of aliphatic hydroxyl groups is 1. The van der Waals surface area contributed by atoms with E-state index < -0.39 is 17.0 Å². The summed E-state index contributed by atoms with van der Waals surface area (Å²) in [4.78, 5) is 34.4. The maximum absolute atomic E-state index is 11.8. The second-order valence-electron chi connectivity index (χ2n) is 4.10. The Bertz CT molecular complexity index is 733. The summed E-state index contributed by atoms with van der Waals surface area (Å²) in [5, 5.41) is 14.0. The molecule has 1 amide bonds. The standard InChI is InChI=1S/C13H13N3O4/c17-8-9-3-1-2-4-10(9)14-12(19)7-16-13(20)6-5-11(18)15-16/h1-6,17H,7-8H2,(H,14,19)(H,15,18). The van der Waals surface area contributed by atoms with Gasteiger partial charge in [-0.2, -0.15) is 0 Å². The highest BCUT2D eigenvalue weighted by Crippen LogP contribution is 2.14. The molecule has 7 nitrogen and oxygen atoms in total. The van der Waals surface area contributed by atoms with Crippen LogP contribution in [0.5, 0.6) is 0 Å². The summed E-state index contributed by atoms with van der Waals surface area (Å²) < 4.78 is 0.916. The van der Waals surface area contributed by atoms with Crippen LogP contribution in [0, 0.1) is 0 Å². The number of nitrogens with zero attached hydrogens (tertiary/aromatic N) is 1. The number of benzene rings is 1. The second kappa shape index (κ2) is 5.98. The fraction of sp³-hybridized carbons (Fsp3) is 0.154. The molecular weight excluding hydrogens is 262 g/mol. The summed E-state index contributed by atoms with van der Waals surface area (Å²) >= 11 is 0. The van der Waals surface area contributed by atoms with Crippen molar-refractivity contribution in [2.24, 2.45) is 0 Å². The number of carbonyl (C=O) groups is 1. The molecule has 1 aromatic heterocycles. The van der Waals surface area contributed by atoms with Gasteiger partial charge < -0.3 is 10.4 Å². The lowest BCUT2D eigenvalue weighted by molar-refractivity contribution is -0.117. The Morgan fingerprint density at radius 2 is 1.95 bits per heavy atom. The molecule has 0 fully saturated rings. The molecule has 0 atom stereocenters. The minimum atomic E-state index is -0.477. The average molecular weight is 275 g/mol. The number of H-pyrrole nitrogens is 1. The maximum atomic E-state index is 11.8. The molecule has 0 spiro atoms. The monoisotopic (exact) mass is 275 g/mol. The van der Waals surface area contributed by atoms with E-state index in [0.29, 0.717) is 11.3 Å². The molecule has 3 N–H and O–H groups in total. The van der Waals surface area contributed by atoms with Crippen molar-refractivity contribution < 1.29 is 9.90 Å². The first kappa shape index (κ1) is 13.8. The quantitative estimate of drug-likeness (QED) is 0.710. The molecule has 0 saturated carbocycles. The maximum Gasteiger partial charge on any atom is 0.265 e. The zero-order valence-corrected chi connectivity index (χ0v) is 10.5. The van der Waals surface area contributed by atoms with E-state index >= 15 is 0 Å². The first-order valence-corrected chi connectivity index (χ1v) is 5.89. The summed E-state index contributed by atoms with van der Waals surface area (Å²) in [5.41, 5.74) is 0.0874. The fourth-order valence-corrected chi connectivity index (χ4v) is 1.69. The van der Waals surface area contributed by atoms with Crippen molar-refractivity contribution >= 4 is 11.6 Å². The van der Waals surface area contributed by atoms with Gasteiger partial charge in [0.25, 0.3) is 11.1 Å². The van der Waals surface area contributed by atoms with Gasteiger partial charge in [-0.1, -0.05) is 18.2 Å². The van der Waals surface area contributed by atoms with Crippen LogP contribution in [0.4, 0.5) is 5.69 Å². The van der Waals surface area contributed by atoms with Gasteiger partial charge in [0.05, 0.1) is 6.61 Å². The molecule has 20 heavy (non-hydrogen) atoms. The highest BCUT2D eigenvalue weighted by atomic mass is 16.3. The number of para-hydroxylation sites is 1. The lowest BCUT2D eigenvalue weighted by Crippen LogP contribution is -2.33. The lowest BCUT2D eigenvalue weighted by atomic mass is 10.2. The predicted octanol–water partition coefficient (Wildman–Crippen LogP) is -0.332. The smallest absolute Gasteiger partial charge is 0.265 e. The van der Waals surface area contributed by atoms with Crippen molar-refractivity contribution in [3.05, 3.63) is 62.7 Å². The second-order valence-corrected chi connectivity index (χ2v) is 4.10. The largest absolute Gasteiger partial charge is 0.392 e. The topological polar surface area (TPSA) is 104 Å². The highest BCUT2D eigenvalue weighted by molar-refractivity contribution is 5.91. The number of nitrogens with one attached hydrogen (secondary N) is 2. The molecule has 1 aromatic carbocycles. The molecule has 104 valence electrons. The third kappa shape index (κ3) is 3.21. The molecule has 1 heterocycles. The van der Waals surface area contributed by atoms with Crippen LogP contribution >= 0.6 is 0 Å². The van der Waals surface area contributed by atoms with Crippen LogP contribution in [0.3, 0.4) is 0 Å². The number of hydrogen-bond donors (Lipinski definition) is 3. The lowest BCUT2D eigenvalue weighted by Gasteiger charge is -2.10. The molecule has 0 saturated heterocycles. The van der Waals surface area contributed by atoms with E-state index in [0.717, 1.165) is 16.8 Å². The molecule has 0 unspecified atom stereocenters. The van der Waals surface area contributed by atoms with E-state index in [9.17, 15) is 14.4 Å². The van der Waals surface area contributed by atoms with Crippen LogP contribution in [0.25, 0.3) is 0 Å². The third-order valence-corrected chi connectivity index (χ3v) is 2.65. The van der Waals surface area contributed by atoms with E-state index in [1.807, 2.05) is 0 Å². The Morgan fingerprint density at radius 1 is 1.20 bits per heavy atom. The summed E-state index contributed by atoms with van der Waals surface area (Å²) in [6, 6.07) is 8.95. The fourth-order valence-electron chi connectivity index (χ4n) is 1.69. The SMILES string of the molecule is O=C(Cn1[nH]c(=O)ccc1=O)Nc1ccccc1CO. The number of amides is 1. The Morgan fingerprint density at radius 3 is 2.70 bits per heavy atom. The van der Waals surface area contributed by atoms with Crippen molar-refractivity contribution in [2.45, 2.75) is 13.2 Å². The Labute approximate surface area is 113 Å². The zero-order valence-electron chi connectivity index (χ0n) is 10.5. The van der Waals surface area contributed by atoms with Crippen LogP contribution < -0.4 is 16.4 Å². The Hall–Kier alpha value is -2.67. The summed E-state index contributed by atoms with van der Waals surface area (Å²) in [5.74, 6) is -0.477. The van der Waals surface area contributed by atoms with Gasteiger partial charge in [0, 0.05) is 23.4 Å². The minimum Gasteiger partial charge on any atom is -0.392 e. The summed E-state index contributed by atoms with van der Waals surface area (Å²) in [6.07, 6.45) is 0.